The number of carbonyl (C=O) groups is 3. The van der Waals surface area contributed by atoms with Crippen molar-refractivity contribution < 1.29 is 19.5 Å². The van der Waals surface area contributed by atoms with E-state index in [1.54, 1.807) is 36.5 Å². The van der Waals surface area contributed by atoms with Crippen LogP contribution in [0, 0.1) is 0 Å². The highest BCUT2D eigenvalue weighted by atomic mass is 16.4. The molecule has 0 radical (unpaired) electrons. The minimum atomic E-state index is -1.18. The lowest BCUT2D eigenvalue weighted by atomic mass is 10.1. The molecule has 27 heavy (non-hydrogen) atoms. The molecule has 3 rings (SSSR count). The molecular formula is C20H17N3O4. The monoisotopic (exact) mass is 363 g/mol. The van der Waals surface area contributed by atoms with Crippen LogP contribution in [0.25, 0.3) is 17.0 Å². The van der Waals surface area contributed by atoms with Crippen molar-refractivity contribution in [2.75, 3.05) is 6.54 Å². The lowest BCUT2D eigenvalue weighted by Gasteiger charge is -2.10. The molecule has 0 spiro atoms. The highest BCUT2D eigenvalue weighted by Crippen LogP contribution is 2.20. The number of carboxylic acid groups (broad SMARTS) is 1. The van der Waals surface area contributed by atoms with Crippen LogP contribution in [0.1, 0.15) is 15.9 Å². The maximum atomic E-state index is 12.4. The van der Waals surface area contributed by atoms with E-state index in [4.69, 9.17) is 5.11 Å². The molecule has 0 atom stereocenters. The fraction of sp³-hybridized carbons (Fsp3) is 0.0500. The topological polar surface area (TPSA) is 111 Å². The van der Waals surface area contributed by atoms with Crippen molar-refractivity contribution in [1.82, 2.24) is 15.6 Å². The average Bonchev–Trinajstić information content (AvgIpc) is 3.09. The maximum absolute atomic E-state index is 12.4. The Kier molecular flexibility index (Phi) is 5.32. The smallest absolute Gasteiger partial charge is 0.322 e. The summed E-state index contributed by atoms with van der Waals surface area (Å²) < 4.78 is 0. The zero-order valence-electron chi connectivity index (χ0n) is 14.2. The lowest BCUT2D eigenvalue weighted by molar-refractivity contribution is -0.137. The Hall–Kier alpha value is -3.87. The van der Waals surface area contributed by atoms with Crippen molar-refractivity contribution in [3.05, 3.63) is 77.6 Å². The number of rotatable bonds is 6. The van der Waals surface area contributed by atoms with Crippen LogP contribution in [0.15, 0.2) is 66.5 Å². The summed E-state index contributed by atoms with van der Waals surface area (Å²) in [5.74, 6) is -2.33. The molecular weight excluding hydrogens is 346 g/mol. The minimum Gasteiger partial charge on any atom is -0.480 e. The molecule has 136 valence electrons. The Labute approximate surface area is 154 Å². The highest BCUT2D eigenvalue weighted by Gasteiger charge is 2.16. The van der Waals surface area contributed by atoms with Crippen molar-refractivity contribution in [2.45, 2.75) is 0 Å². The van der Waals surface area contributed by atoms with E-state index in [1.165, 1.54) is 6.08 Å². The van der Waals surface area contributed by atoms with Crippen LogP contribution in [0.3, 0.4) is 0 Å². The molecule has 0 saturated carbocycles. The van der Waals surface area contributed by atoms with E-state index in [0.29, 0.717) is 11.1 Å². The third-order valence-electron chi connectivity index (χ3n) is 3.85. The number of aliphatic carboxylic acids is 1. The number of hydrogen-bond acceptors (Lipinski definition) is 3. The number of carbonyl (C=O) groups excluding carboxylic acids is 2. The van der Waals surface area contributed by atoms with Gasteiger partial charge in [-0.1, -0.05) is 36.4 Å². The lowest BCUT2D eigenvalue weighted by Crippen LogP contribution is -2.37. The van der Waals surface area contributed by atoms with Crippen LogP contribution in [0.5, 0.6) is 0 Å². The summed E-state index contributed by atoms with van der Waals surface area (Å²) in [6, 6.07) is 15.9. The molecule has 0 aliphatic heterocycles. The first-order valence-electron chi connectivity index (χ1n) is 8.19. The second-order valence-electron chi connectivity index (χ2n) is 5.74. The largest absolute Gasteiger partial charge is 0.480 e. The molecule has 1 aromatic heterocycles. The molecule has 7 nitrogen and oxygen atoms in total. The van der Waals surface area contributed by atoms with Crippen LogP contribution in [0.2, 0.25) is 0 Å². The Morgan fingerprint density at radius 1 is 1.00 bits per heavy atom. The Morgan fingerprint density at radius 2 is 1.70 bits per heavy atom. The van der Waals surface area contributed by atoms with Gasteiger partial charge in [-0.15, -0.1) is 0 Å². The van der Waals surface area contributed by atoms with E-state index in [1.807, 2.05) is 24.3 Å². The normalized spacial score (nSPS) is 11.2. The summed E-state index contributed by atoms with van der Waals surface area (Å²) in [5.41, 5.74) is 1.91. The predicted octanol–water partition coefficient (Wildman–Crippen LogP) is 2.14. The van der Waals surface area contributed by atoms with Gasteiger partial charge in [-0.25, -0.2) is 0 Å². The number of amides is 2. The standard InChI is InChI=1S/C20H17N3O4/c24-18(25)12-22-20(27)17(23-19(26)13-6-2-1-3-7-13)10-14-11-21-16-9-5-4-8-15(14)16/h1-11,21H,12H2,(H,22,27)(H,23,26)(H,24,25)/b17-10+. The SMILES string of the molecule is O=C(O)CNC(=O)/C(=C\c1c[nH]c2ccccc12)NC(=O)c1ccccc1. The van der Waals surface area contributed by atoms with E-state index < -0.39 is 24.3 Å². The fourth-order valence-corrected chi connectivity index (χ4v) is 2.56. The number of fused-ring (bicyclic) bond motifs is 1. The van der Waals surface area contributed by atoms with E-state index in [9.17, 15) is 14.4 Å². The first kappa shape index (κ1) is 17.9. The number of hydrogen-bond donors (Lipinski definition) is 4. The van der Waals surface area contributed by atoms with Gasteiger partial charge in [-0.2, -0.15) is 0 Å². The first-order chi connectivity index (χ1) is 13.0. The highest BCUT2D eigenvalue weighted by molar-refractivity contribution is 6.07. The molecule has 1 heterocycles. The number of para-hydroxylation sites is 1. The zero-order chi connectivity index (χ0) is 19.2. The predicted molar refractivity (Wildman–Crippen MR) is 101 cm³/mol. The van der Waals surface area contributed by atoms with Gasteiger partial charge in [-0.3, -0.25) is 14.4 Å². The number of aromatic nitrogens is 1. The second-order valence-corrected chi connectivity index (χ2v) is 5.74. The third kappa shape index (κ3) is 4.40. The fourth-order valence-electron chi connectivity index (χ4n) is 2.56. The van der Waals surface area contributed by atoms with Gasteiger partial charge in [0, 0.05) is 28.2 Å². The number of carboxylic acids is 1. The van der Waals surface area contributed by atoms with Gasteiger partial charge in [0.25, 0.3) is 11.8 Å². The number of H-pyrrole nitrogens is 1. The molecule has 0 aliphatic carbocycles. The summed E-state index contributed by atoms with van der Waals surface area (Å²) in [4.78, 5) is 38.7. The Balaban J connectivity index is 1.92. The van der Waals surface area contributed by atoms with Gasteiger partial charge in [0.1, 0.15) is 12.2 Å². The molecule has 3 aromatic rings. The van der Waals surface area contributed by atoms with Crippen LogP contribution in [-0.2, 0) is 9.59 Å². The van der Waals surface area contributed by atoms with E-state index in [-0.39, 0.29) is 5.70 Å². The Morgan fingerprint density at radius 3 is 2.44 bits per heavy atom. The molecule has 7 heteroatoms. The molecule has 0 fully saturated rings. The van der Waals surface area contributed by atoms with Crippen LogP contribution in [-0.4, -0.2) is 34.4 Å². The van der Waals surface area contributed by atoms with Gasteiger partial charge >= 0.3 is 5.97 Å². The molecule has 0 saturated heterocycles. The molecule has 0 aliphatic rings. The van der Waals surface area contributed by atoms with E-state index in [2.05, 4.69) is 15.6 Å². The van der Waals surface area contributed by atoms with Gasteiger partial charge < -0.3 is 20.7 Å². The second kappa shape index (κ2) is 8.01. The maximum Gasteiger partial charge on any atom is 0.322 e. The molecule has 0 bridgehead atoms. The van der Waals surface area contributed by atoms with Crippen molar-refractivity contribution >= 4 is 34.8 Å². The summed E-state index contributed by atoms with van der Waals surface area (Å²) in [7, 11) is 0. The minimum absolute atomic E-state index is 0.0464. The molecule has 2 aromatic carbocycles. The van der Waals surface area contributed by atoms with Gasteiger partial charge in [-0.05, 0) is 24.3 Å². The summed E-state index contributed by atoms with van der Waals surface area (Å²) in [6.45, 7) is -0.550. The molecule has 2 amide bonds. The van der Waals surface area contributed by atoms with Crippen LogP contribution < -0.4 is 10.6 Å². The zero-order valence-corrected chi connectivity index (χ0v) is 14.2. The van der Waals surface area contributed by atoms with E-state index in [0.717, 1.165) is 10.9 Å². The first-order valence-corrected chi connectivity index (χ1v) is 8.19. The summed E-state index contributed by atoms with van der Waals surface area (Å²) in [5, 5.41) is 14.5. The third-order valence-corrected chi connectivity index (χ3v) is 3.85. The van der Waals surface area contributed by atoms with E-state index >= 15 is 0 Å². The average molecular weight is 363 g/mol. The van der Waals surface area contributed by atoms with Gasteiger partial charge in [0.2, 0.25) is 0 Å². The van der Waals surface area contributed by atoms with Crippen molar-refractivity contribution in [3.8, 4) is 0 Å². The summed E-state index contributed by atoms with van der Waals surface area (Å²) in [6.07, 6.45) is 3.22. The van der Waals surface area contributed by atoms with Gasteiger partial charge in [0.15, 0.2) is 0 Å². The number of benzene rings is 2. The molecule has 4 N–H and O–H groups in total. The number of aromatic amines is 1. The Bertz CT molecular complexity index is 1020. The van der Waals surface area contributed by atoms with Gasteiger partial charge in [0.05, 0.1) is 0 Å². The van der Waals surface area contributed by atoms with Crippen molar-refractivity contribution in [3.63, 3.8) is 0 Å². The van der Waals surface area contributed by atoms with Crippen molar-refractivity contribution in [1.29, 1.82) is 0 Å². The van der Waals surface area contributed by atoms with Crippen LogP contribution in [0.4, 0.5) is 0 Å². The van der Waals surface area contributed by atoms with Crippen LogP contribution >= 0.6 is 0 Å². The van der Waals surface area contributed by atoms with Crippen molar-refractivity contribution in [2.24, 2.45) is 0 Å². The number of nitrogens with one attached hydrogen (secondary N) is 3. The molecule has 0 unspecified atom stereocenters. The summed E-state index contributed by atoms with van der Waals surface area (Å²) >= 11 is 0. The quantitative estimate of drug-likeness (QED) is 0.503.